The van der Waals surface area contributed by atoms with Gasteiger partial charge in [0.2, 0.25) is 0 Å². The Morgan fingerprint density at radius 2 is 2.10 bits per heavy atom. The van der Waals surface area contributed by atoms with Gasteiger partial charge in [0.25, 0.3) is 0 Å². The predicted octanol–water partition coefficient (Wildman–Crippen LogP) is 1.64. The van der Waals surface area contributed by atoms with E-state index in [1.54, 1.807) is 0 Å². The maximum atomic E-state index is 12.3. The van der Waals surface area contributed by atoms with Crippen molar-refractivity contribution in [2.75, 3.05) is 58.2 Å². The van der Waals surface area contributed by atoms with Gasteiger partial charge in [-0.2, -0.15) is 11.8 Å². The molecule has 0 aliphatic carbocycles. The van der Waals surface area contributed by atoms with Crippen LogP contribution in [0.1, 0.15) is 26.2 Å². The molecule has 122 valence electrons. The van der Waals surface area contributed by atoms with Gasteiger partial charge in [0.05, 0.1) is 13.2 Å². The van der Waals surface area contributed by atoms with Gasteiger partial charge in [-0.1, -0.05) is 13.3 Å². The molecule has 1 N–H and O–H groups in total. The standard InChI is InChI=1S/C15H29N3O2S/c1-2-21-14-5-3-4-7-18(13-14)15(19)16-6-8-17-9-11-20-12-10-17/h14H,2-13H2,1H3,(H,16,19)/t14-/m0/s1. The summed E-state index contributed by atoms with van der Waals surface area (Å²) >= 11 is 1.99. The number of hydrogen-bond acceptors (Lipinski definition) is 4. The Labute approximate surface area is 132 Å². The number of carbonyl (C=O) groups is 1. The van der Waals surface area contributed by atoms with E-state index < -0.39 is 0 Å². The number of nitrogens with one attached hydrogen (secondary N) is 1. The molecule has 2 amide bonds. The molecular formula is C15H29N3O2S. The van der Waals surface area contributed by atoms with Crippen molar-refractivity contribution in [3.05, 3.63) is 0 Å². The number of morpholine rings is 1. The molecule has 0 bridgehead atoms. The van der Waals surface area contributed by atoms with Crippen LogP contribution >= 0.6 is 11.8 Å². The second-order valence-corrected chi connectivity index (χ2v) is 7.28. The predicted molar refractivity (Wildman–Crippen MR) is 88.0 cm³/mol. The highest BCUT2D eigenvalue weighted by Gasteiger charge is 2.21. The second kappa shape index (κ2) is 9.54. The van der Waals surface area contributed by atoms with Gasteiger partial charge < -0.3 is 15.0 Å². The molecule has 2 fully saturated rings. The van der Waals surface area contributed by atoms with Crippen molar-refractivity contribution in [2.24, 2.45) is 0 Å². The van der Waals surface area contributed by atoms with Gasteiger partial charge in [-0.25, -0.2) is 4.79 Å². The van der Waals surface area contributed by atoms with Crippen LogP contribution in [0.25, 0.3) is 0 Å². The first kappa shape index (κ1) is 16.9. The van der Waals surface area contributed by atoms with Crippen molar-refractivity contribution >= 4 is 17.8 Å². The van der Waals surface area contributed by atoms with Gasteiger partial charge in [0.15, 0.2) is 0 Å². The Morgan fingerprint density at radius 3 is 2.86 bits per heavy atom. The van der Waals surface area contributed by atoms with Crippen molar-refractivity contribution in [1.82, 2.24) is 15.1 Å². The average molecular weight is 315 g/mol. The van der Waals surface area contributed by atoms with Crippen LogP contribution in [-0.4, -0.2) is 79.3 Å². The fourth-order valence-corrected chi connectivity index (χ4v) is 4.01. The molecule has 1 atom stereocenters. The highest BCUT2D eigenvalue weighted by atomic mass is 32.2. The third-order valence-corrected chi connectivity index (χ3v) is 5.32. The summed E-state index contributed by atoms with van der Waals surface area (Å²) in [5.74, 6) is 1.14. The maximum absolute atomic E-state index is 12.3. The van der Waals surface area contributed by atoms with Gasteiger partial charge in [-0.05, 0) is 18.6 Å². The summed E-state index contributed by atoms with van der Waals surface area (Å²) in [6.45, 7) is 9.26. The van der Waals surface area contributed by atoms with E-state index in [-0.39, 0.29) is 6.03 Å². The van der Waals surface area contributed by atoms with Crippen LogP contribution in [0.5, 0.6) is 0 Å². The van der Waals surface area contributed by atoms with Gasteiger partial charge in [-0.3, -0.25) is 4.90 Å². The minimum absolute atomic E-state index is 0.117. The Hall–Kier alpha value is -0.460. The number of urea groups is 1. The largest absolute Gasteiger partial charge is 0.379 e. The average Bonchev–Trinajstić information content (AvgIpc) is 2.74. The summed E-state index contributed by atoms with van der Waals surface area (Å²) in [5, 5.41) is 3.70. The molecule has 0 aromatic rings. The number of rotatable bonds is 5. The van der Waals surface area contributed by atoms with E-state index in [1.807, 2.05) is 16.7 Å². The molecule has 6 heteroatoms. The van der Waals surface area contributed by atoms with Crippen molar-refractivity contribution in [1.29, 1.82) is 0 Å². The van der Waals surface area contributed by atoms with Crippen LogP contribution in [-0.2, 0) is 4.74 Å². The van der Waals surface area contributed by atoms with Gasteiger partial charge in [0.1, 0.15) is 0 Å². The van der Waals surface area contributed by atoms with Crippen LogP contribution in [0.3, 0.4) is 0 Å². The fraction of sp³-hybridized carbons (Fsp3) is 0.933. The van der Waals surface area contributed by atoms with Gasteiger partial charge in [0, 0.05) is 44.5 Å². The van der Waals surface area contributed by atoms with Crippen molar-refractivity contribution in [3.63, 3.8) is 0 Å². The van der Waals surface area contributed by atoms with E-state index in [9.17, 15) is 4.79 Å². The lowest BCUT2D eigenvalue weighted by molar-refractivity contribution is 0.0386. The highest BCUT2D eigenvalue weighted by Crippen LogP contribution is 2.21. The van der Waals surface area contributed by atoms with E-state index in [0.717, 1.165) is 64.7 Å². The third-order valence-electron chi connectivity index (χ3n) is 4.13. The Morgan fingerprint density at radius 1 is 1.29 bits per heavy atom. The molecule has 2 aliphatic heterocycles. The molecular weight excluding hydrogens is 286 g/mol. The lowest BCUT2D eigenvalue weighted by Crippen LogP contribution is -2.46. The van der Waals surface area contributed by atoms with Gasteiger partial charge >= 0.3 is 6.03 Å². The zero-order valence-electron chi connectivity index (χ0n) is 13.2. The van der Waals surface area contributed by atoms with E-state index in [0.29, 0.717) is 5.25 Å². The summed E-state index contributed by atoms with van der Waals surface area (Å²) in [6, 6.07) is 0.117. The van der Waals surface area contributed by atoms with Crippen LogP contribution in [0, 0.1) is 0 Å². The minimum Gasteiger partial charge on any atom is -0.379 e. The molecule has 2 rings (SSSR count). The maximum Gasteiger partial charge on any atom is 0.317 e. The van der Waals surface area contributed by atoms with Crippen LogP contribution in [0.15, 0.2) is 0 Å². The first-order chi connectivity index (χ1) is 10.3. The summed E-state index contributed by atoms with van der Waals surface area (Å²) in [7, 11) is 0. The van der Waals surface area contributed by atoms with E-state index in [4.69, 9.17) is 4.74 Å². The Balaban J connectivity index is 1.68. The fourth-order valence-electron chi connectivity index (χ4n) is 2.92. The zero-order valence-corrected chi connectivity index (χ0v) is 14.0. The smallest absolute Gasteiger partial charge is 0.317 e. The number of likely N-dealkylation sites (tertiary alicyclic amines) is 1. The molecule has 2 aliphatic rings. The van der Waals surface area contributed by atoms with Crippen molar-refractivity contribution in [3.8, 4) is 0 Å². The molecule has 0 unspecified atom stereocenters. The number of hydrogen-bond donors (Lipinski definition) is 1. The number of ether oxygens (including phenoxy) is 1. The lowest BCUT2D eigenvalue weighted by atomic mass is 10.2. The van der Waals surface area contributed by atoms with Crippen LogP contribution in [0.4, 0.5) is 4.79 Å². The first-order valence-corrected chi connectivity index (χ1v) is 9.29. The summed E-state index contributed by atoms with van der Waals surface area (Å²) in [6.07, 6.45) is 3.63. The third kappa shape index (κ3) is 6.04. The van der Waals surface area contributed by atoms with E-state index in [1.165, 1.54) is 12.8 Å². The Kier molecular flexibility index (Phi) is 7.68. The quantitative estimate of drug-likeness (QED) is 0.838. The lowest BCUT2D eigenvalue weighted by Gasteiger charge is -2.28. The molecule has 0 aromatic carbocycles. The van der Waals surface area contributed by atoms with Crippen molar-refractivity contribution < 1.29 is 9.53 Å². The molecule has 2 saturated heterocycles. The van der Waals surface area contributed by atoms with E-state index >= 15 is 0 Å². The van der Waals surface area contributed by atoms with Gasteiger partial charge in [-0.15, -0.1) is 0 Å². The number of thioether (sulfide) groups is 1. The Bertz CT molecular complexity index is 311. The zero-order chi connectivity index (χ0) is 14.9. The van der Waals surface area contributed by atoms with Crippen LogP contribution < -0.4 is 5.32 Å². The summed E-state index contributed by atoms with van der Waals surface area (Å²) in [5.41, 5.74) is 0. The molecule has 0 aromatic heterocycles. The minimum atomic E-state index is 0.117. The monoisotopic (exact) mass is 315 g/mol. The molecule has 21 heavy (non-hydrogen) atoms. The second-order valence-electron chi connectivity index (χ2n) is 5.71. The number of nitrogens with zero attached hydrogens (tertiary/aromatic N) is 2. The first-order valence-electron chi connectivity index (χ1n) is 8.24. The van der Waals surface area contributed by atoms with Crippen molar-refractivity contribution in [2.45, 2.75) is 31.4 Å². The molecule has 0 radical (unpaired) electrons. The molecule has 5 nitrogen and oxygen atoms in total. The molecule has 0 spiro atoms. The van der Waals surface area contributed by atoms with Crippen LogP contribution in [0.2, 0.25) is 0 Å². The SMILES string of the molecule is CCS[C@H]1CCCCN(C(=O)NCCN2CCOCC2)C1. The highest BCUT2D eigenvalue weighted by molar-refractivity contribution is 7.99. The molecule has 2 heterocycles. The topological polar surface area (TPSA) is 44.8 Å². The summed E-state index contributed by atoms with van der Waals surface area (Å²) in [4.78, 5) is 16.7. The number of carbonyl (C=O) groups excluding carboxylic acids is 1. The van der Waals surface area contributed by atoms with E-state index in [2.05, 4.69) is 17.1 Å². The summed E-state index contributed by atoms with van der Waals surface area (Å²) < 4.78 is 5.33. The molecule has 0 saturated carbocycles. The number of amides is 2. The normalized spacial score (nSPS) is 24.6.